The van der Waals surface area contributed by atoms with E-state index in [-0.39, 0.29) is 5.91 Å². The molecule has 128 valence electrons. The van der Waals surface area contributed by atoms with Crippen LogP contribution >= 0.6 is 35.0 Å². The van der Waals surface area contributed by atoms with Crippen molar-refractivity contribution in [3.05, 3.63) is 64.1 Å². The van der Waals surface area contributed by atoms with E-state index >= 15 is 0 Å². The minimum Gasteiger partial charge on any atom is -0.356 e. The van der Waals surface area contributed by atoms with Crippen LogP contribution in [0.2, 0.25) is 10.0 Å². The Kier molecular flexibility index (Phi) is 8.51. The largest absolute Gasteiger partial charge is 0.356 e. The van der Waals surface area contributed by atoms with Gasteiger partial charge in [-0.25, -0.2) is 0 Å². The van der Waals surface area contributed by atoms with E-state index in [2.05, 4.69) is 5.32 Å². The fourth-order valence-corrected chi connectivity index (χ4v) is 3.32. The summed E-state index contributed by atoms with van der Waals surface area (Å²) in [4.78, 5) is 13.0. The number of halogens is 2. The quantitative estimate of drug-likeness (QED) is 0.451. The zero-order chi connectivity index (χ0) is 17.2. The van der Waals surface area contributed by atoms with Crippen molar-refractivity contribution in [2.75, 3.05) is 12.3 Å². The molecule has 0 aromatic heterocycles. The molecule has 2 nitrogen and oxygen atoms in total. The highest BCUT2D eigenvalue weighted by Gasteiger charge is 2.02. The number of hydrogen-bond acceptors (Lipinski definition) is 2. The molecule has 0 fully saturated rings. The van der Waals surface area contributed by atoms with E-state index < -0.39 is 0 Å². The minimum absolute atomic E-state index is 0.128. The van der Waals surface area contributed by atoms with Crippen molar-refractivity contribution in [3.63, 3.8) is 0 Å². The third-order valence-electron chi connectivity index (χ3n) is 3.51. The van der Waals surface area contributed by atoms with Crippen molar-refractivity contribution in [3.8, 4) is 0 Å². The number of thioether (sulfide) groups is 1. The zero-order valence-electron chi connectivity index (χ0n) is 13.4. The summed E-state index contributed by atoms with van der Waals surface area (Å²) in [6.07, 6.45) is 3.33. The van der Waals surface area contributed by atoms with Crippen LogP contribution in [0.25, 0.3) is 0 Å². The summed E-state index contributed by atoms with van der Waals surface area (Å²) in [7, 11) is 0. The lowest BCUT2D eigenvalue weighted by atomic mass is 10.1. The highest BCUT2D eigenvalue weighted by Crippen LogP contribution is 2.21. The maximum atomic E-state index is 11.8. The minimum atomic E-state index is 0.128. The number of hydrogen-bond donors (Lipinski definition) is 1. The Balaban J connectivity index is 1.52. The Hall–Kier alpha value is -1.16. The Morgan fingerprint density at radius 1 is 0.917 bits per heavy atom. The number of amides is 1. The predicted molar refractivity (Wildman–Crippen MR) is 104 cm³/mol. The second-order valence-corrected chi connectivity index (χ2v) is 7.53. The first-order chi connectivity index (χ1) is 11.6. The van der Waals surface area contributed by atoms with Crippen LogP contribution in [-0.2, 0) is 11.2 Å². The molecule has 2 aromatic rings. The molecule has 5 heteroatoms. The fraction of sp³-hybridized carbons (Fsp3) is 0.316. The summed E-state index contributed by atoms with van der Waals surface area (Å²) >= 11 is 13.5. The van der Waals surface area contributed by atoms with Crippen LogP contribution in [0.3, 0.4) is 0 Å². The molecule has 0 spiro atoms. The third-order valence-corrected chi connectivity index (χ3v) is 5.11. The van der Waals surface area contributed by atoms with E-state index in [0.29, 0.717) is 13.0 Å². The van der Waals surface area contributed by atoms with E-state index in [0.717, 1.165) is 35.1 Å². The first-order valence-electron chi connectivity index (χ1n) is 8.03. The van der Waals surface area contributed by atoms with E-state index in [1.807, 2.05) is 48.5 Å². The van der Waals surface area contributed by atoms with Crippen LogP contribution in [0, 0.1) is 0 Å². The standard InChI is InChI=1S/C19H21Cl2NOS/c20-16-7-5-15(6-8-16)3-1-13-22-19(23)4-2-14-24-18-11-9-17(21)10-12-18/h5-12H,1-4,13-14H2,(H,22,23). The number of carbonyl (C=O) groups excluding carboxylic acids is 1. The lowest BCUT2D eigenvalue weighted by Crippen LogP contribution is -2.24. The maximum Gasteiger partial charge on any atom is 0.220 e. The lowest BCUT2D eigenvalue weighted by molar-refractivity contribution is -0.121. The molecule has 0 aliphatic carbocycles. The molecule has 0 bridgehead atoms. The van der Waals surface area contributed by atoms with Gasteiger partial charge in [0.25, 0.3) is 0 Å². The topological polar surface area (TPSA) is 29.1 Å². The molecule has 2 rings (SSSR count). The molecule has 0 aliphatic heterocycles. The van der Waals surface area contributed by atoms with Crippen molar-refractivity contribution >= 4 is 40.9 Å². The van der Waals surface area contributed by atoms with Gasteiger partial charge in [-0.15, -0.1) is 11.8 Å². The summed E-state index contributed by atoms with van der Waals surface area (Å²) < 4.78 is 0. The van der Waals surface area contributed by atoms with Crippen molar-refractivity contribution < 1.29 is 4.79 Å². The number of rotatable bonds is 9. The molecule has 0 radical (unpaired) electrons. The highest BCUT2D eigenvalue weighted by molar-refractivity contribution is 7.99. The van der Waals surface area contributed by atoms with E-state index in [1.165, 1.54) is 10.5 Å². The Morgan fingerprint density at radius 3 is 2.21 bits per heavy atom. The molecule has 24 heavy (non-hydrogen) atoms. The second kappa shape index (κ2) is 10.7. The van der Waals surface area contributed by atoms with Crippen molar-refractivity contribution in [1.82, 2.24) is 5.32 Å². The first kappa shape index (κ1) is 19.2. The van der Waals surface area contributed by atoms with Gasteiger partial charge in [0.2, 0.25) is 5.91 Å². The van der Waals surface area contributed by atoms with Crippen LogP contribution in [-0.4, -0.2) is 18.2 Å². The van der Waals surface area contributed by atoms with Crippen LogP contribution < -0.4 is 5.32 Å². The van der Waals surface area contributed by atoms with Gasteiger partial charge >= 0.3 is 0 Å². The molecule has 2 aromatic carbocycles. The molecule has 1 N–H and O–H groups in total. The summed E-state index contributed by atoms with van der Waals surface area (Å²) in [6.45, 7) is 0.714. The SMILES string of the molecule is O=C(CCCSc1ccc(Cl)cc1)NCCCc1ccc(Cl)cc1. The first-order valence-corrected chi connectivity index (χ1v) is 9.77. The van der Waals surface area contributed by atoms with Gasteiger partial charge in [0, 0.05) is 27.9 Å². The summed E-state index contributed by atoms with van der Waals surface area (Å²) in [6, 6.07) is 15.6. The average Bonchev–Trinajstić information content (AvgIpc) is 2.59. The van der Waals surface area contributed by atoms with Gasteiger partial charge in [0.1, 0.15) is 0 Å². The van der Waals surface area contributed by atoms with E-state index in [9.17, 15) is 4.79 Å². The lowest BCUT2D eigenvalue weighted by Gasteiger charge is -2.06. The smallest absolute Gasteiger partial charge is 0.220 e. The third kappa shape index (κ3) is 7.61. The number of aryl methyl sites for hydroxylation is 1. The average molecular weight is 382 g/mol. The van der Waals surface area contributed by atoms with Gasteiger partial charge in [0.15, 0.2) is 0 Å². The molecule has 0 saturated heterocycles. The van der Waals surface area contributed by atoms with Crippen molar-refractivity contribution in [2.45, 2.75) is 30.6 Å². The van der Waals surface area contributed by atoms with E-state index in [1.54, 1.807) is 11.8 Å². The Labute approximate surface area is 157 Å². The zero-order valence-corrected chi connectivity index (χ0v) is 15.8. The van der Waals surface area contributed by atoms with Crippen LogP contribution in [0.15, 0.2) is 53.4 Å². The second-order valence-electron chi connectivity index (χ2n) is 5.49. The maximum absolute atomic E-state index is 11.8. The van der Waals surface area contributed by atoms with Crippen LogP contribution in [0.5, 0.6) is 0 Å². The van der Waals surface area contributed by atoms with Gasteiger partial charge in [-0.3, -0.25) is 4.79 Å². The van der Waals surface area contributed by atoms with Gasteiger partial charge < -0.3 is 5.32 Å². The Bertz CT molecular complexity index is 573. The van der Waals surface area contributed by atoms with Gasteiger partial charge in [0.05, 0.1) is 0 Å². The van der Waals surface area contributed by atoms with Crippen molar-refractivity contribution in [1.29, 1.82) is 0 Å². The normalized spacial score (nSPS) is 10.6. The summed E-state index contributed by atoms with van der Waals surface area (Å²) in [5.74, 6) is 1.06. The van der Waals surface area contributed by atoms with Crippen LogP contribution in [0.1, 0.15) is 24.8 Å². The Morgan fingerprint density at radius 2 is 1.54 bits per heavy atom. The molecule has 0 saturated carbocycles. The predicted octanol–water partition coefficient (Wildman–Crippen LogP) is 5.61. The van der Waals surface area contributed by atoms with Gasteiger partial charge in [-0.2, -0.15) is 0 Å². The van der Waals surface area contributed by atoms with Crippen LogP contribution in [0.4, 0.5) is 0 Å². The molecular weight excluding hydrogens is 361 g/mol. The molecule has 0 atom stereocenters. The number of benzene rings is 2. The number of nitrogens with one attached hydrogen (secondary N) is 1. The molecule has 0 unspecified atom stereocenters. The summed E-state index contributed by atoms with van der Waals surface area (Å²) in [5, 5.41) is 4.48. The molecule has 0 heterocycles. The molecule has 0 aliphatic rings. The van der Waals surface area contributed by atoms with Crippen molar-refractivity contribution in [2.24, 2.45) is 0 Å². The monoisotopic (exact) mass is 381 g/mol. The molecule has 1 amide bonds. The highest BCUT2D eigenvalue weighted by atomic mass is 35.5. The van der Waals surface area contributed by atoms with Gasteiger partial charge in [-0.1, -0.05) is 35.3 Å². The fourth-order valence-electron chi connectivity index (χ4n) is 2.21. The molecular formula is C19H21Cl2NOS. The summed E-state index contributed by atoms with van der Waals surface area (Å²) in [5.41, 5.74) is 1.24. The number of carbonyl (C=O) groups is 1. The van der Waals surface area contributed by atoms with Gasteiger partial charge in [-0.05, 0) is 67.0 Å². The van der Waals surface area contributed by atoms with E-state index in [4.69, 9.17) is 23.2 Å².